The maximum atomic E-state index is 5.77. The van der Waals surface area contributed by atoms with Crippen molar-refractivity contribution in [3.05, 3.63) is 24.0 Å². The molecule has 0 aliphatic carbocycles. The van der Waals surface area contributed by atoms with E-state index >= 15 is 0 Å². The molecule has 1 heterocycles. The van der Waals surface area contributed by atoms with Crippen LogP contribution in [0.3, 0.4) is 0 Å². The Kier molecular flexibility index (Phi) is 5.98. The van der Waals surface area contributed by atoms with Crippen molar-refractivity contribution in [3.8, 4) is 5.75 Å². The van der Waals surface area contributed by atoms with E-state index in [1.54, 1.807) is 6.20 Å². The number of aryl methyl sites for hydroxylation is 1. The average molecular weight is 236 g/mol. The van der Waals surface area contributed by atoms with Gasteiger partial charge in [0.2, 0.25) is 0 Å². The summed E-state index contributed by atoms with van der Waals surface area (Å²) >= 11 is 0. The molecule has 0 spiro atoms. The summed E-state index contributed by atoms with van der Waals surface area (Å²) in [7, 11) is 0. The van der Waals surface area contributed by atoms with Crippen molar-refractivity contribution in [3.63, 3.8) is 0 Å². The molecule has 0 amide bonds. The predicted octanol–water partition coefficient (Wildman–Crippen LogP) is 2.79. The SMILES string of the molecule is Cc1ccc(OC(C)CCNCC(C)C)cn1. The Bertz CT molecular complexity index is 309. The van der Waals surface area contributed by atoms with Gasteiger partial charge in [-0.05, 0) is 51.4 Å². The molecular weight excluding hydrogens is 212 g/mol. The Morgan fingerprint density at radius 2 is 2.06 bits per heavy atom. The first-order valence-corrected chi connectivity index (χ1v) is 6.38. The van der Waals surface area contributed by atoms with Gasteiger partial charge in [0.1, 0.15) is 5.75 Å². The molecule has 0 fully saturated rings. The van der Waals surface area contributed by atoms with Crippen molar-refractivity contribution in [1.29, 1.82) is 0 Å². The highest BCUT2D eigenvalue weighted by molar-refractivity contribution is 5.19. The van der Waals surface area contributed by atoms with Crippen LogP contribution in [0.15, 0.2) is 18.3 Å². The van der Waals surface area contributed by atoms with Gasteiger partial charge in [-0.1, -0.05) is 13.8 Å². The molecule has 1 atom stereocenters. The maximum Gasteiger partial charge on any atom is 0.138 e. The molecule has 0 saturated heterocycles. The molecule has 96 valence electrons. The zero-order chi connectivity index (χ0) is 12.7. The molecule has 17 heavy (non-hydrogen) atoms. The smallest absolute Gasteiger partial charge is 0.138 e. The van der Waals surface area contributed by atoms with Gasteiger partial charge in [0, 0.05) is 5.69 Å². The van der Waals surface area contributed by atoms with Crippen molar-refractivity contribution in [2.45, 2.75) is 40.2 Å². The average Bonchev–Trinajstić information content (AvgIpc) is 2.27. The quantitative estimate of drug-likeness (QED) is 0.739. The summed E-state index contributed by atoms with van der Waals surface area (Å²) in [4.78, 5) is 4.21. The highest BCUT2D eigenvalue weighted by atomic mass is 16.5. The van der Waals surface area contributed by atoms with Gasteiger partial charge in [0.25, 0.3) is 0 Å². The Morgan fingerprint density at radius 1 is 1.29 bits per heavy atom. The van der Waals surface area contributed by atoms with Crippen molar-refractivity contribution in [2.75, 3.05) is 13.1 Å². The van der Waals surface area contributed by atoms with Gasteiger partial charge in [-0.3, -0.25) is 4.98 Å². The van der Waals surface area contributed by atoms with Crippen molar-refractivity contribution < 1.29 is 4.74 Å². The lowest BCUT2D eigenvalue weighted by Gasteiger charge is -2.15. The van der Waals surface area contributed by atoms with E-state index in [1.807, 2.05) is 19.1 Å². The fraction of sp³-hybridized carbons (Fsp3) is 0.643. The number of pyridine rings is 1. The van der Waals surface area contributed by atoms with E-state index in [9.17, 15) is 0 Å². The minimum atomic E-state index is 0.221. The molecule has 1 rings (SSSR count). The fourth-order valence-corrected chi connectivity index (χ4v) is 1.51. The summed E-state index contributed by atoms with van der Waals surface area (Å²) in [5, 5.41) is 3.42. The first-order valence-electron chi connectivity index (χ1n) is 6.38. The number of hydrogen-bond acceptors (Lipinski definition) is 3. The summed E-state index contributed by atoms with van der Waals surface area (Å²) in [6.45, 7) is 10.6. The predicted molar refractivity (Wildman–Crippen MR) is 71.4 cm³/mol. The minimum Gasteiger partial charge on any atom is -0.489 e. The Labute approximate surface area is 105 Å². The number of rotatable bonds is 7. The number of ether oxygens (including phenoxy) is 1. The largest absolute Gasteiger partial charge is 0.489 e. The Balaban J connectivity index is 2.20. The van der Waals surface area contributed by atoms with Crippen LogP contribution in [0.2, 0.25) is 0 Å². The lowest BCUT2D eigenvalue weighted by atomic mass is 10.2. The molecule has 0 bridgehead atoms. The summed E-state index contributed by atoms with van der Waals surface area (Å²) in [5.41, 5.74) is 1.02. The second-order valence-electron chi connectivity index (χ2n) is 4.95. The molecule has 0 radical (unpaired) electrons. The fourth-order valence-electron chi connectivity index (χ4n) is 1.51. The third-order valence-electron chi connectivity index (χ3n) is 2.50. The molecule has 1 unspecified atom stereocenters. The van der Waals surface area contributed by atoms with E-state index in [1.165, 1.54) is 0 Å². The number of nitrogens with one attached hydrogen (secondary N) is 1. The normalized spacial score (nSPS) is 12.8. The molecule has 0 saturated carbocycles. The van der Waals surface area contributed by atoms with Crippen LogP contribution in [-0.4, -0.2) is 24.2 Å². The van der Waals surface area contributed by atoms with Gasteiger partial charge in [-0.15, -0.1) is 0 Å². The van der Waals surface area contributed by atoms with E-state index in [4.69, 9.17) is 4.74 Å². The van der Waals surface area contributed by atoms with Crippen LogP contribution in [0.5, 0.6) is 5.75 Å². The van der Waals surface area contributed by atoms with Crippen LogP contribution in [-0.2, 0) is 0 Å². The molecule has 1 aromatic rings. The summed E-state index contributed by atoms with van der Waals surface area (Å²) in [6, 6.07) is 3.94. The van der Waals surface area contributed by atoms with Gasteiger partial charge in [-0.25, -0.2) is 0 Å². The zero-order valence-corrected chi connectivity index (χ0v) is 11.4. The van der Waals surface area contributed by atoms with Crippen LogP contribution in [0.25, 0.3) is 0 Å². The summed E-state index contributed by atoms with van der Waals surface area (Å²) in [6.07, 6.45) is 3.02. The second-order valence-corrected chi connectivity index (χ2v) is 4.95. The molecule has 1 aromatic heterocycles. The van der Waals surface area contributed by atoms with Crippen LogP contribution < -0.4 is 10.1 Å². The molecule has 0 aromatic carbocycles. The highest BCUT2D eigenvalue weighted by Gasteiger charge is 2.04. The molecular formula is C14H24N2O. The first-order chi connectivity index (χ1) is 8.08. The van der Waals surface area contributed by atoms with Gasteiger partial charge >= 0.3 is 0 Å². The Morgan fingerprint density at radius 3 is 2.65 bits per heavy atom. The van der Waals surface area contributed by atoms with Crippen LogP contribution in [0.1, 0.15) is 32.9 Å². The third kappa shape index (κ3) is 6.27. The number of nitrogens with zero attached hydrogens (tertiary/aromatic N) is 1. The maximum absolute atomic E-state index is 5.77. The van der Waals surface area contributed by atoms with Crippen LogP contribution in [0, 0.1) is 12.8 Å². The van der Waals surface area contributed by atoms with Crippen molar-refractivity contribution >= 4 is 0 Å². The zero-order valence-electron chi connectivity index (χ0n) is 11.4. The van der Waals surface area contributed by atoms with Crippen molar-refractivity contribution in [2.24, 2.45) is 5.92 Å². The minimum absolute atomic E-state index is 0.221. The number of hydrogen-bond donors (Lipinski definition) is 1. The monoisotopic (exact) mass is 236 g/mol. The van der Waals surface area contributed by atoms with Gasteiger partial charge in [0.05, 0.1) is 12.3 Å². The molecule has 3 heteroatoms. The summed E-state index contributed by atoms with van der Waals surface area (Å²) in [5.74, 6) is 1.56. The van der Waals surface area contributed by atoms with Crippen molar-refractivity contribution in [1.82, 2.24) is 10.3 Å². The highest BCUT2D eigenvalue weighted by Crippen LogP contribution is 2.11. The second kappa shape index (κ2) is 7.28. The molecule has 1 N–H and O–H groups in total. The molecule has 3 nitrogen and oxygen atoms in total. The lowest BCUT2D eigenvalue weighted by Crippen LogP contribution is -2.25. The third-order valence-corrected chi connectivity index (χ3v) is 2.50. The van der Waals surface area contributed by atoms with E-state index in [-0.39, 0.29) is 6.10 Å². The van der Waals surface area contributed by atoms with E-state index < -0.39 is 0 Å². The summed E-state index contributed by atoms with van der Waals surface area (Å²) < 4.78 is 5.77. The standard InChI is InChI=1S/C14H24N2O/c1-11(2)9-15-8-7-13(4)17-14-6-5-12(3)16-10-14/h5-6,10-11,13,15H,7-9H2,1-4H3. The number of aromatic nitrogens is 1. The van der Waals surface area contributed by atoms with E-state index in [0.717, 1.165) is 31.0 Å². The van der Waals surface area contributed by atoms with Crippen LogP contribution >= 0.6 is 0 Å². The van der Waals surface area contributed by atoms with Gasteiger partial charge in [0.15, 0.2) is 0 Å². The first kappa shape index (κ1) is 14.0. The topological polar surface area (TPSA) is 34.1 Å². The van der Waals surface area contributed by atoms with Gasteiger partial charge in [-0.2, -0.15) is 0 Å². The van der Waals surface area contributed by atoms with E-state index in [2.05, 4.69) is 31.1 Å². The Hall–Kier alpha value is -1.09. The van der Waals surface area contributed by atoms with Gasteiger partial charge < -0.3 is 10.1 Å². The lowest BCUT2D eigenvalue weighted by molar-refractivity contribution is 0.208. The molecule has 0 aliphatic heterocycles. The van der Waals surface area contributed by atoms with Crippen LogP contribution in [0.4, 0.5) is 0 Å². The van der Waals surface area contributed by atoms with E-state index in [0.29, 0.717) is 5.92 Å². The molecule has 0 aliphatic rings.